The number of fused-ring (bicyclic) bond motifs is 6. The molecule has 0 unspecified atom stereocenters. The Hall–Kier alpha value is -6.90. The normalized spacial score (nSPS) is 12.5. The van der Waals surface area contributed by atoms with Crippen LogP contribution in [0, 0.1) is 0 Å². The van der Waals surface area contributed by atoms with E-state index >= 15 is 0 Å². The molecular formula is C50H33NO. The second-order valence-electron chi connectivity index (χ2n) is 13.0. The lowest BCUT2D eigenvalue weighted by molar-refractivity contribution is 0.672. The van der Waals surface area contributed by atoms with E-state index in [1.165, 1.54) is 0 Å². The van der Waals surface area contributed by atoms with Gasteiger partial charge in [0.25, 0.3) is 0 Å². The van der Waals surface area contributed by atoms with Crippen LogP contribution < -0.4 is 4.90 Å². The zero-order valence-corrected chi connectivity index (χ0v) is 28.1. The third-order valence-corrected chi connectivity index (χ3v) is 9.94. The van der Waals surface area contributed by atoms with Crippen LogP contribution in [0.1, 0.15) is 5.48 Å². The number of benzene rings is 9. The minimum atomic E-state index is -0.123. The summed E-state index contributed by atoms with van der Waals surface area (Å²) < 4.78 is 44.4. The monoisotopic (exact) mass is 667 g/mol. The Bertz CT molecular complexity index is 3100. The van der Waals surface area contributed by atoms with Gasteiger partial charge < -0.3 is 9.32 Å². The van der Waals surface area contributed by atoms with E-state index in [2.05, 4.69) is 48.5 Å². The fourth-order valence-corrected chi connectivity index (χ4v) is 7.41. The smallest absolute Gasteiger partial charge is 0.143 e. The van der Waals surface area contributed by atoms with Crippen LogP contribution in [0.4, 0.5) is 17.1 Å². The van der Waals surface area contributed by atoms with Crippen LogP contribution in [0.5, 0.6) is 0 Å². The van der Waals surface area contributed by atoms with Crippen LogP contribution in [0.2, 0.25) is 0 Å². The van der Waals surface area contributed by atoms with Crippen molar-refractivity contribution in [3.63, 3.8) is 0 Å². The molecule has 0 saturated heterocycles. The van der Waals surface area contributed by atoms with Crippen LogP contribution in [0.15, 0.2) is 205 Å². The van der Waals surface area contributed by atoms with Gasteiger partial charge in [-0.15, -0.1) is 0 Å². The zero-order chi connectivity index (χ0) is 37.9. The third-order valence-electron chi connectivity index (χ3n) is 9.94. The first kappa shape index (κ1) is 26.0. The minimum Gasteiger partial charge on any atom is -0.455 e. The predicted molar refractivity (Wildman–Crippen MR) is 220 cm³/mol. The topological polar surface area (TPSA) is 16.4 Å². The molecule has 2 heteroatoms. The number of nitrogens with zero attached hydrogens (tertiary/aromatic N) is 1. The van der Waals surface area contributed by atoms with Crippen molar-refractivity contribution in [2.24, 2.45) is 0 Å². The van der Waals surface area contributed by atoms with Gasteiger partial charge in [-0.2, -0.15) is 0 Å². The molecule has 0 N–H and O–H groups in total. The summed E-state index contributed by atoms with van der Waals surface area (Å²) in [6.07, 6.45) is 0. The summed E-state index contributed by atoms with van der Waals surface area (Å²) in [5.41, 5.74) is 8.17. The summed E-state index contributed by atoms with van der Waals surface area (Å²) in [5, 5.41) is 6.03. The van der Waals surface area contributed by atoms with Gasteiger partial charge >= 0.3 is 0 Å². The van der Waals surface area contributed by atoms with Gasteiger partial charge in [0.15, 0.2) is 0 Å². The second kappa shape index (κ2) is 12.5. The van der Waals surface area contributed by atoms with Gasteiger partial charge in [-0.3, -0.25) is 0 Å². The molecule has 244 valence electrons. The van der Waals surface area contributed by atoms with Gasteiger partial charge in [0.1, 0.15) is 11.2 Å². The molecule has 0 aliphatic heterocycles. The van der Waals surface area contributed by atoms with E-state index in [0.29, 0.717) is 11.3 Å². The minimum absolute atomic E-state index is 0.0960. The molecule has 9 aromatic carbocycles. The lowest BCUT2D eigenvalue weighted by Crippen LogP contribution is -2.11. The molecule has 0 radical (unpaired) electrons. The Morgan fingerprint density at radius 1 is 0.385 bits per heavy atom. The van der Waals surface area contributed by atoms with Crippen molar-refractivity contribution in [3.05, 3.63) is 200 Å². The summed E-state index contributed by atoms with van der Waals surface area (Å²) >= 11 is 0. The van der Waals surface area contributed by atoms with Crippen molar-refractivity contribution in [2.45, 2.75) is 0 Å². The van der Waals surface area contributed by atoms with Gasteiger partial charge in [-0.25, -0.2) is 0 Å². The largest absolute Gasteiger partial charge is 0.455 e. The van der Waals surface area contributed by atoms with Crippen LogP contribution >= 0.6 is 0 Å². The van der Waals surface area contributed by atoms with Crippen molar-refractivity contribution in [3.8, 4) is 33.4 Å². The summed E-state index contributed by atoms with van der Waals surface area (Å²) in [6.45, 7) is 0. The van der Waals surface area contributed by atoms with E-state index in [1.807, 2.05) is 132 Å². The van der Waals surface area contributed by atoms with Crippen molar-refractivity contribution in [1.82, 2.24) is 0 Å². The summed E-state index contributed by atoms with van der Waals surface area (Å²) in [5.74, 6) is 0. The molecule has 1 heterocycles. The number of para-hydroxylation sites is 2. The molecule has 1 aromatic heterocycles. The van der Waals surface area contributed by atoms with Crippen LogP contribution in [-0.4, -0.2) is 0 Å². The molecule has 0 fully saturated rings. The second-order valence-corrected chi connectivity index (χ2v) is 13.0. The lowest BCUT2D eigenvalue weighted by atomic mass is 9.96. The Balaban J connectivity index is 1.18. The first-order chi connectivity index (χ1) is 27.5. The standard InChI is InChI=1S/C50H33NO/c1-2-11-34(12-3-1)35-21-27-40(28-22-35)51(41-29-23-37(24-30-41)43-18-10-14-36-13-4-5-15-42(36)43)48-19-8-6-16-44(48)38-25-31-45-39(33-38)26-32-47-46-17-7-9-20-49(46)52-50(45)47/h1-33H/i23D,24D,29D,30D. The maximum absolute atomic E-state index is 9.60. The van der Waals surface area contributed by atoms with E-state index < -0.39 is 0 Å². The molecule has 0 spiro atoms. The fraction of sp³-hybridized carbons (Fsp3) is 0. The van der Waals surface area contributed by atoms with Crippen LogP contribution in [0.25, 0.3) is 76.9 Å². The first-order valence-electron chi connectivity index (χ1n) is 19.4. The van der Waals surface area contributed by atoms with Gasteiger partial charge in [0.2, 0.25) is 0 Å². The summed E-state index contributed by atoms with van der Waals surface area (Å²) in [6, 6.07) is 58.0. The highest BCUT2D eigenvalue weighted by Gasteiger charge is 2.19. The molecule has 0 aliphatic rings. The maximum Gasteiger partial charge on any atom is 0.143 e. The third kappa shape index (κ3) is 5.12. The van der Waals surface area contributed by atoms with E-state index in [4.69, 9.17) is 4.42 Å². The van der Waals surface area contributed by atoms with E-state index in [-0.39, 0.29) is 35.4 Å². The Morgan fingerprint density at radius 2 is 1.04 bits per heavy atom. The maximum atomic E-state index is 9.60. The molecule has 10 aromatic rings. The van der Waals surface area contributed by atoms with Crippen molar-refractivity contribution in [1.29, 1.82) is 0 Å². The molecule has 0 amide bonds. The number of hydrogen-bond donors (Lipinski definition) is 0. The Morgan fingerprint density at radius 3 is 1.90 bits per heavy atom. The Labute approximate surface area is 308 Å². The van der Waals surface area contributed by atoms with Gasteiger partial charge in [0, 0.05) is 33.1 Å². The molecule has 2 nitrogen and oxygen atoms in total. The number of anilines is 3. The fourth-order valence-electron chi connectivity index (χ4n) is 7.41. The number of hydrogen-bond acceptors (Lipinski definition) is 2. The lowest BCUT2D eigenvalue weighted by Gasteiger charge is -2.28. The molecule has 52 heavy (non-hydrogen) atoms. The quantitative estimate of drug-likeness (QED) is 0.175. The molecule has 10 rings (SSSR count). The molecule has 0 atom stereocenters. The zero-order valence-electron chi connectivity index (χ0n) is 32.1. The van der Waals surface area contributed by atoms with E-state index in [1.54, 1.807) is 0 Å². The Kier molecular flexibility index (Phi) is 6.22. The highest BCUT2D eigenvalue weighted by atomic mass is 16.3. The highest BCUT2D eigenvalue weighted by molar-refractivity contribution is 6.15. The molecule has 0 aliphatic carbocycles. The SMILES string of the molecule is [2H]c1c([2H])c(N(c2ccc(-c3ccccc3)cc2)c2ccccc2-c2ccc3c(ccc4c5ccccc5oc34)c2)c([2H])c([2H])c1-c1cccc2ccccc12. The first-order valence-corrected chi connectivity index (χ1v) is 17.4. The van der Waals surface area contributed by atoms with Gasteiger partial charge in [0.05, 0.1) is 11.2 Å². The number of rotatable bonds is 6. The average Bonchev–Trinajstić information content (AvgIpc) is 3.64. The van der Waals surface area contributed by atoms with E-state index in [9.17, 15) is 5.48 Å². The van der Waals surface area contributed by atoms with Crippen LogP contribution in [-0.2, 0) is 0 Å². The van der Waals surface area contributed by atoms with Crippen molar-refractivity contribution >= 4 is 60.5 Å². The van der Waals surface area contributed by atoms with Crippen molar-refractivity contribution < 1.29 is 9.90 Å². The number of furan rings is 1. The van der Waals surface area contributed by atoms with Crippen molar-refractivity contribution in [2.75, 3.05) is 4.90 Å². The summed E-state index contributed by atoms with van der Waals surface area (Å²) in [4.78, 5) is 1.88. The van der Waals surface area contributed by atoms with Crippen LogP contribution in [0.3, 0.4) is 0 Å². The van der Waals surface area contributed by atoms with E-state index in [0.717, 1.165) is 71.4 Å². The summed E-state index contributed by atoms with van der Waals surface area (Å²) in [7, 11) is 0. The van der Waals surface area contributed by atoms with Gasteiger partial charge in [-0.1, -0.05) is 146 Å². The predicted octanol–water partition coefficient (Wildman–Crippen LogP) is 14.4. The van der Waals surface area contributed by atoms with Gasteiger partial charge in [-0.05, 0) is 98.5 Å². The molecule has 0 saturated carbocycles. The average molecular weight is 668 g/mol. The highest BCUT2D eigenvalue weighted by Crippen LogP contribution is 2.43. The molecular weight excluding hydrogens is 631 g/mol. The molecule has 0 bridgehead atoms.